The number of hydrogen-bond donors (Lipinski definition) is 2. The van der Waals surface area contributed by atoms with E-state index in [1.807, 2.05) is 13.0 Å². The Morgan fingerprint density at radius 3 is 2.79 bits per heavy atom. The van der Waals surface area contributed by atoms with Crippen molar-refractivity contribution in [2.75, 3.05) is 7.11 Å². The van der Waals surface area contributed by atoms with Crippen LogP contribution in [-0.2, 0) is 11.2 Å². The maximum Gasteiger partial charge on any atom is 0.410 e. The lowest BCUT2D eigenvalue weighted by atomic mass is 10.00. The highest BCUT2D eigenvalue weighted by molar-refractivity contribution is 7.12. The highest BCUT2D eigenvalue weighted by atomic mass is 32.1. The van der Waals surface area contributed by atoms with Crippen molar-refractivity contribution in [1.82, 2.24) is 5.32 Å². The Kier molecular flexibility index (Phi) is 8.27. The van der Waals surface area contributed by atoms with E-state index in [0.29, 0.717) is 24.2 Å². The average Bonchev–Trinajstić information content (AvgIpc) is 3.49. The molecule has 1 fully saturated rings. The quantitative estimate of drug-likeness (QED) is 0.355. The fourth-order valence-electron chi connectivity index (χ4n) is 3.37. The van der Waals surface area contributed by atoms with Gasteiger partial charge < -0.3 is 14.3 Å². The third-order valence-electron chi connectivity index (χ3n) is 5.52. The van der Waals surface area contributed by atoms with E-state index in [9.17, 15) is 19.5 Å². The van der Waals surface area contributed by atoms with E-state index in [1.54, 1.807) is 30.4 Å². The Morgan fingerprint density at radius 2 is 2.12 bits per heavy atom. The zero-order chi connectivity index (χ0) is 24.0. The van der Waals surface area contributed by atoms with Crippen LogP contribution < -0.4 is 10.9 Å². The van der Waals surface area contributed by atoms with E-state index in [0.717, 1.165) is 17.2 Å². The first-order valence-corrected chi connectivity index (χ1v) is 11.8. The van der Waals surface area contributed by atoms with Crippen LogP contribution in [0.2, 0.25) is 0 Å². The molecule has 3 rings (SSSR count). The Balaban J connectivity index is 1.65. The van der Waals surface area contributed by atoms with Gasteiger partial charge in [0.2, 0.25) is 0 Å². The lowest BCUT2D eigenvalue weighted by molar-refractivity contribution is 0.102. The lowest BCUT2D eigenvalue weighted by Gasteiger charge is -2.11. The number of thiophene rings is 1. The van der Waals surface area contributed by atoms with Crippen LogP contribution in [0.3, 0.4) is 0 Å². The maximum absolute atomic E-state index is 12.9. The second kappa shape index (κ2) is 11.1. The first kappa shape index (κ1) is 24.5. The van der Waals surface area contributed by atoms with Gasteiger partial charge in [-0.05, 0) is 68.7 Å². The van der Waals surface area contributed by atoms with Gasteiger partial charge in [-0.25, -0.2) is 9.59 Å². The molecule has 1 unspecified atom stereocenters. The van der Waals surface area contributed by atoms with Crippen LogP contribution in [0.15, 0.2) is 45.3 Å². The Labute approximate surface area is 196 Å². The molecule has 0 bridgehead atoms. The topological polar surface area (TPSA) is 106 Å². The normalized spacial score (nSPS) is 14.9. The van der Waals surface area contributed by atoms with Gasteiger partial charge in [-0.2, -0.15) is 0 Å². The van der Waals surface area contributed by atoms with Gasteiger partial charge in [0, 0.05) is 27.9 Å². The summed E-state index contributed by atoms with van der Waals surface area (Å²) in [5.74, 6) is -0.0156. The summed E-state index contributed by atoms with van der Waals surface area (Å²) >= 11 is 1.64. The van der Waals surface area contributed by atoms with Crippen molar-refractivity contribution in [3.63, 3.8) is 0 Å². The van der Waals surface area contributed by atoms with Crippen molar-refractivity contribution in [2.24, 2.45) is 5.92 Å². The van der Waals surface area contributed by atoms with Crippen LogP contribution in [0.4, 0.5) is 4.79 Å². The first-order valence-electron chi connectivity index (χ1n) is 11.0. The maximum atomic E-state index is 12.9. The van der Waals surface area contributed by atoms with E-state index >= 15 is 0 Å². The summed E-state index contributed by atoms with van der Waals surface area (Å²) in [5, 5.41) is 12.9. The van der Waals surface area contributed by atoms with E-state index in [2.05, 4.69) is 16.1 Å². The van der Waals surface area contributed by atoms with Gasteiger partial charge in [0.25, 0.3) is 0 Å². The van der Waals surface area contributed by atoms with Gasteiger partial charge in [0.1, 0.15) is 17.1 Å². The summed E-state index contributed by atoms with van der Waals surface area (Å²) < 4.78 is 9.83. The van der Waals surface area contributed by atoms with E-state index in [1.165, 1.54) is 37.1 Å². The number of carbonyl (C=O) groups excluding carboxylic acids is 2. The average molecular weight is 472 g/mol. The largest absolute Gasteiger partial charge is 0.507 e. The van der Waals surface area contributed by atoms with E-state index in [4.69, 9.17) is 4.42 Å². The summed E-state index contributed by atoms with van der Waals surface area (Å²) in [5.41, 5.74) is -0.837. The second-order valence-corrected chi connectivity index (χ2v) is 9.52. The van der Waals surface area contributed by atoms with Crippen LogP contribution >= 0.6 is 11.3 Å². The van der Waals surface area contributed by atoms with Gasteiger partial charge in [0.05, 0.1) is 7.11 Å². The van der Waals surface area contributed by atoms with Gasteiger partial charge in [0.15, 0.2) is 5.78 Å². The molecule has 1 saturated carbocycles. The van der Waals surface area contributed by atoms with Crippen LogP contribution in [0.5, 0.6) is 5.75 Å². The molecule has 0 aliphatic heterocycles. The molecule has 0 saturated heterocycles. The molecule has 1 amide bonds. The number of amides is 1. The van der Waals surface area contributed by atoms with E-state index < -0.39 is 17.5 Å². The number of ketones is 1. The van der Waals surface area contributed by atoms with Crippen molar-refractivity contribution in [2.45, 2.75) is 51.9 Å². The third kappa shape index (κ3) is 6.92. The molecule has 8 heteroatoms. The zero-order valence-electron chi connectivity index (χ0n) is 19.1. The fourth-order valence-corrected chi connectivity index (χ4v) is 4.50. The SMILES string of the molecule is COC(=O)N/C=C/CCC(C)c1cc(O)c(C(=O)/C(C)=C/c2ccc(CC3CC3)s2)c(=O)o1. The minimum atomic E-state index is -0.849. The molecule has 1 aliphatic rings. The number of allylic oxidation sites excluding steroid dienone is 2. The molecular weight excluding hydrogens is 442 g/mol. The standard InChI is InChI=1S/C25H29NO6S/c1-15(6-4-5-11-26-25(30)31-3)21-14-20(27)22(24(29)32-21)23(28)16(2)12-18-9-10-19(33-18)13-17-7-8-17/h5,9-12,14-15,17,27H,4,6-8,13H2,1-3H3,(H,26,30)/b11-5+,16-12+. The van der Waals surface area contributed by atoms with Crippen LogP contribution in [0.1, 0.15) is 71.3 Å². The van der Waals surface area contributed by atoms with Gasteiger partial charge in [-0.15, -0.1) is 11.3 Å². The smallest absolute Gasteiger partial charge is 0.410 e. The molecular formula is C25H29NO6S. The molecule has 1 aliphatic carbocycles. The molecule has 33 heavy (non-hydrogen) atoms. The number of ether oxygens (including phenoxy) is 1. The summed E-state index contributed by atoms with van der Waals surface area (Å²) in [4.78, 5) is 38.6. The number of nitrogens with one attached hydrogen (secondary N) is 1. The third-order valence-corrected chi connectivity index (χ3v) is 6.57. The van der Waals surface area contributed by atoms with Gasteiger partial charge in [-0.1, -0.05) is 13.0 Å². The van der Waals surface area contributed by atoms with Crippen LogP contribution in [-0.4, -0.2) is 24.1 Å². The molecule has 0 radical (unpaired) electrons. The predicted octanol–water partition coefficient (Wildman–Crippen LogP) is 5.40. The first-order chi connectivity index (χ1) is 15.8. The van der Waals surface area contributed by atoms with Crippen molar-refractivity contribution >= 4 is 29.3 Å². The minimum Gasteiger partial charge on any atom is -0.507 e. The molecule has 2 aromatic rings. The van der Waals surface area contributed by atoms with Crippen molar-refractivity contribution < 1.29 is 23.8 Å². The molecule has 2 heterocycles. The van der Waals surface area contributed by atoms with Crippen molar-refractivity contribution in [3.8, 4) is 5.75 Å². The summed E-state index contributed by atoms with van der Waals surface area (Å²) in [6.07, 6.45) is 9.26. The Hall–Kier alpha value is -3.13. The predicted molar refractivity (Wildman–Crippen MR) is 128 cm³/mol. The monoisotopic (exact) mass is 471 g/mol. The second-order valence-electron chi connectivity index (χ2n) is 8.32. The Bertz CT molecular complexity index is 1120. The number of Topliss-reactive ketones (excluding diaryl/α,β-unsaturated/α-hetero) is 1. The zero-order valence-corrected chi connectivity index (χ0v) is 19.9. The van der Waals surface area contributed by atoms with Crippen molar-refractivity contribution in [1.29, 1.82) is 0 Å². The van der Waals surface area contributed by atoms with Gasteiger partial charge in [-0.3, -0.25) is 10.1 Å². The molecule has 0 spiro atoms. The number of hydrogen-bond acceptors (Lipinski definition) is 7. The number of alkyl carbamates (subject to hydrolysis) is 1. The minimum absolute atomic E-state index is 0.178. The molecule has 7 nitrogen and oxygen atoms in total. The molecule has 176 valence electrons. The molecule has 2 N–H and O–H groups in total. The van der Waals surface area contributed by atoms with Gasteiger partial charge >= 0.3 is 11.7 Å². The summed E-state index contributed by atoms with van der Waals surface area (Å²) in [6.45, 7) is 3.48. The highest BCUT2D eigenvalue weighted by Crippen LogP contribution is 2.35. The lowest BCUT2D eigenvalue weighted by Crippen LogP contribution is -2.16. The number of rotatable bonds is 10. The molecule has 2 aromatic heterocycles. The van der Waals surface area contributed by atoms with Crippen molar-refractivity contribution in [3.05, 3.63) is 67.5 Å². The summed E-state index contributed by atoms with van der Waals surface area (Å²) in [6, 6.07) is 5.39. The number of aromatic hydroxyl groups is 1. The van der Waals surface area contributed by atoms with Crippen LogP contribution in [0.25, 0.3) is 6.08 Å². The molecule has 0 aromatic carbocycles. The fraction of sp³-hybridized carbons (Fsp3) is 0.400. The van der Waals surface area contributed by atoms with Crippen LogP contribution in [0, 0.1) is 5.92 Å². The Morgan fingerprint density at radius 1 is 1.36 bits per heavy atom. The number of methoxy groups -OCH3 is 1. The number of carbonyl (C=O) groups is 2. The van der Waals surface area contributed by atoms with E-state index in [-0.39, 0.29) is 17.2 Å². The highest BCUT2D eigenvalue weighted by Gasteiger charge is 2.23. The summed E-state index contributed by atoms with van der Waals surface area (Å²) in [7, 11) is 1.28. The molecule has 1 atom stereocenters.